The Labute approximate surface area is 121 Å². The van der Waals surface area contributed by atoms with Crippen LogP contribution in [0.2, 0.25) is 0 Å². The molecule has 0 spiro atoms. The maximum atomic E-state index is 13.3. The SMILES string of the molecule is CC(Nc1ccc2nccnc2c1)c1cc(F)ccc1O. The topological polar surface area (TPSA) is 58.0 Å². The third-order valence-corrected chi connectivity index (χ3v) is 3.31. The molecule has 3 aromatic rings. The molecule has 0 radical (unpaired) electrons. The molecule has 0 aliphatic carbocycles. The number of aromatic hydroxyl groups is 1. The van der Waals surface area contributed by atoms with Crippen LogP contribution in [0.1, 0.15) is 18.5 Å². The van der Waals surface area contributed by atoms with E-state index in [0.717, 1.165) is 16.7 Å². The fourth-order valence-corrected chi connectivity index (χ4v) is 2.25. The molecule has 4 nitrogen and oxygen atoms in total. The van der Waals surface area contributed by atoms with Crippen LogP contribution in [0.25, 0.3) is 11.0 Å². The number of hydrogen-bond acceptors (Lipinski definition) is 4. The number of halogens is 1. The zero-order valence-electron chi connectivity index (χ0n) is 11.4. The third-order valence-electron chi connectivity index (χ3n) is 3.31. The summed E-state index contributed by atoms with van der Waals surface area (Å²) in [5.74, 6) is -0.308. The number of rotatable bonds is 3. The molecule has 3 rings (SSSR count). The first-order valence-corrected chi connectivity index (χ1v) is 6.59. The molecule has 0 aliphatic rings. The molecule has 2 aromatic carbocycles. The number of nitrogens with zero attached hydrogens (tertiary/aromatic N) is 2. The highest BCUT2D eigenvalue weighted by Gasteiger charge is 2.11. The Hall–Kier alpha value is -2.69. The number of benzene rings is 2. The van der Waals surface area contributed by atoms with Crippen LogP contribution in [0.4, 0.5) is 10.1 Å². The van der Waals surface area contributed by atoms with E-state index in [9.17, 15) is 9.50 Å². The van der Waals surface area contributed by atoms with Crippen molar-refractivity contribution in [3.8, 4) is 5.75 Å². The van der Waals surface area contributed by atoms with Gasteiger partial charge in [-0.25, -0.2) is 4.39 Å². The van der Waals surface area contributed by atoms with Gasteiger partial charge in [0.15, 0.2) is 0 Å². The fourth-order valence-electron chi connectivity index (χ4n) is 2.25. The quantitative estimate of drug-likeness (QED) is 0.770. The number of hydrogen-bond donors (Lipinski definition) is 2. The van der Waals surface area contributed by atoms with E-state index in [4.69, 9.17) is 0 Å². The van der Waals surface area contributed by atoms with Crippen LogP contribution < -0.4 is 5.32 Å². The largest absolute Gasteiger partial charge is 0.508 e. The van der Waals surface area contributed by atoms with Crippen molar-refractivity contribution < 1.29 is 9.50 Å². The highest BCUT2D eigenvalue weighted by Crippen LogP contribution is 2.28. The van der Waals surface area contributed by atoms with E-state index in [0.29, 0.717) is 5.56 Å². The van der Waals surface area contributed by atoms with Crippen molar-refractivity contribution in [3.63, 3.8) is 0 Å². The molecular formula is C16H14FN3O. The van der Waals surface area contributed by atoms with Crippen molar-refractivity contribution in [3.05, 3.63) is 60.2 Å². The van der Waals surface area contributed by atoms with Crippen molar-refractivity contribution in [1.29, 1.82) is 0 Å². The van der Waals surface area contributed by atoms with E-state index in [-0.39, 0.29) is 17.6 Å². The summed E-state index contributed by atoms with van der Waals surface area (Å²) in [5, 5.41) is 13.1. The molecule has 1 atom stereocenters. The lowest BCUT2D eigenvalue weighted by molar-refractivity contribution is 0.462. The minimum absolute atomic E-state index is 0.0666. The van der Waals surface area contributed by atoms with E-state index >= 15 is 0 Å². The molecule has 0 saturated carbocycles. The zero-order chi connectivity index (χ0) is 14.8. The van der Waals surface area contributed by atoms with Gasteiger partial charge in [-0.1, -0.05) is 0 Å². The molecule has 5 heteroatoms. The van der Waals surface area contributed by atoms with E-state index in [2.05, 4.69) is 15.3 Å². The van der Waals surface area contributed by atoms with Crippen molar-refractivity contribution in [2.24, 2.45) is 0 Å². The normalized spacial score (nSPS) is 12.3. The molecule has 1 aromatic heterocycles. The lowest BCUT2D eigenvalue weighted by Gasteiger charge is -2.17. The number of phenols is 1. The minimum Gasteiger partial charge on any atom is -0.508 e. The lowest BCUT2D eigenvalue weighted by atomic mass is 10.1. The summed E-state index contributed by atoms with van der Waals surface area (Å²) in [6, 6.07) is 9.29. The second-order valence-corrected chi connectivity index (χ2v) is 4.83. The van der Waals surface area contributed by atoms with Crippen LogP contribution in [-0.2, 0) is 0 Å². The summed E-state index contributed by atoms with van der Waals surface area (Å²) in [4.78, 5) is 8.45. The first-order valence-electron chi connectivity index (χ1n) is 6.59. The third kappa shape index (κ3) is 2.76. The smallest absolute Gasteiger partial charge is 0.123 e. The summed E-state index contributed by atoms with van der Waals surface area (Å²) >= 11 is 0. The Balaban J connectivity index is 1.88. The van der Waals surface area contributed by atoms with Crippen LogP contribution in [0.3, 0.4) is 0 Å². The summed E-state index contributed by atoms with van der Waals surface area (Å²) in [5.41, 5.74) is 2.93. The van der Waals surface area contributed by atoms with Gasteiger partial charge in [0.2, 0.25) is 0 Å². The van der Waals surface area contributed by atoms with Gasteiger partial charge >= 0.3 is 0 Å². The molecule has 0 fully saturated rings. The molecule has 0 aliphatic heterocycles. The average molecular weight is 283 g/mol. The first-order chi connectivity index (χ1) is 10.1. The molecule has 1 unspecified atom stereocenters. The number of fused-ring (bicyclic) bond motifs is 1. The van der Waals surface area contributed by atoms with E-state index in [1.165, 1.54) is 18.2 Å². The van der Waals surface area contributed by atoms with Crippen molar-refractivity contribution in [1.82, 2.24) is 9.97 Å². The van der Waals surface area contributed by atoms with Crippen molar-refractivity contribution in [2.75, 3.05) is 5.32 Å². The van der Waals surface area contributed by atoms with Crippen molar-refractivity contribution in [2.45, 2.75) is 13.0 Å². The standard InChI is InChI=1S/C16H14FN3O/c1-10(13-8-11(17)2-5-16(13)21)20-12-3-4-14-15(9-12)19-7-6-18-14/h2-10,20-21H,1H3. The predicted octanol–water partition coefficient (Wildman–Crippen LogP) is 3.65. The fraction of sp³-hybridized carbons (Fsp3) is 0.125. The maximum absolute atomic E-state index is 13.3. The Morgan fingerprint density at radius 3 is 2.62 bits per heavy atom. The van der Waals surface area contributed by atoms with Gasteiger partial charge in [0.1, 0.15) is 11.6 Å². The Morgan fingerprint density at radius 1 is 1.05 bits per heavy atom. The summed E-state index contributed by atoms with van der Waals surface area (Å²) in [7, 11) is 0. The summed E-state index contributed by atoms with van der Waals surface area (Å²) in [6.45, 7) is 1.86. The van der Waals surface area contributed by atoms with Crippen LogP contribution >= 0.6 is 0 Å². The summed E-state index contributed by atoms with van der Waals surface area (Å²) < 4.78 is 13.3. The molecular weight excluding hydrogens is 269 g/mol. The number of aromatic nitrogens is 2. The molecule has 0 saturated heterocycles. The second-order valence-electron chi connectivity index (χ2n) is 4.83. The van der Waals surface area contributed by atoms with Crippen molar-refractivity contribution >= 4 is 16.7 Å². The van der Waals surface area contributed by atoms with E-state index < -0.39 is 0 Å². The van der Waals surface area contributed by atoms with Gasteiger partial charge < -0.3 is 10.4 Å². The van der Waals surface area contributed by atoms with E-state index in [1.54, 1.807) is 12.4 Å². The van der Waals surface area contributed by atoms with Gasteiger partial charge in [-0.15, -0.1) is 0 Å². The number of nitrogens with one attached hydrogen (secondary N) is 1. The number of anilines is 1. The number of phenolic OH excluding ortho intramolecular Hbond substituents is 1. The van der Waals surface area contributed by atoms with Crippen LogP contribution in [-0.4, -0.2) is 15.1 Å². The van der Waals surface area contributed by atoms with E-state index in [1.807, 2.05) is 25.1 Å². The Bertz CT molecular complexity index is 791. The van der Waals surface area contributed by atoms with Gasteiger partial charge in [-0.05, 0) is 43.3 Å². The molecule has 0 amide bonds. The van der Waals surface area contributed by atoms with Gasteiger partial charge in [-0.2, -0.15) is 0 Å². The molecule has 2 N–H and O–H groups in total. The monoisotopic (exact) mass is 283 g/mol. The van der Waals surface area contributed by atoms with Gasteiger partial charge in [-0.3, -0.25) is 9.97 Å². The van der Waals surface area contributed by atoms with Crippen LogP contribution in [0.15, 0.2) is 48.8 Å². The molecule has 106 valence electrons. The first kappa shape index (κ1) is 13.3. The maximum Gasteiger partial charge on any atom is 0.123 e. The van der Waals surface area contributed by atoms with Gasteiger partial charge in [0.25, 0.3) is 0 Å². The molecule has 1 heterocycles. The predicted molar refractivity (Wildman–Crippen MR) is 79.6 cm³/mol. The Morgan fingerprint density at radius 2 is 1.81 bits per heavy atom. The second kappa shape index (κ2) is 5.36. The Kier molecular flexibility index (Phi) is 3.39. The molecule has 0 bridgehead atoms. The van der Waals surface area contributed by atoms with Crippen LogP contribution in [0.5, 0.6) is 5.75 Å². The molecule has 21 heavy (non-hydrogen) atoms. The van der Waals surface area contributed by atoms with Gasteiger partial charge in [0, 0.05) is 23.6 Å². The lowest BCUT2D eigenvalue weighted by Crippen LogP contribution is -2.07. The zero-order valence-corrected chi connectivity index (χ0v) is 11.4. The summed E-state index contributed by atoms with van der Waals surface area (Å²) in [6.07, 6.45) is 3.27. The highest BCUT2D eigenvalue weighted by molar-refractivity contribution is 5.78. The van der Waals surface area contributed by atoms with Gasteiger partial charge in [0.05, 0.1) is 17.1 Å². The van der Waals surface area contributed by atoms with Crippen LogP contribution in [0, 0.1) is 5.82 Å². The minimum atomic E-state index is -0.374. The average Bonchev–Trinajstić information content (AvgIpc) is 2.49. The highest BCUT2D eigenvalue weighted by atomic mass is 19.1.